The highest BCUT2D eigenvalue weighted by Gasteiger charge is 2.13. The molecule has 0 aliphatic heterocycles. The molecular formula is C25H26N4O3. The lowest BCUT2D eigenvalue weighted by Gasteiger charge is -2.03. The van der Waals surface area contributed by atoms with Gasteiger partial charge in [-0.15, -0.1) is 4.68 Å². The Bertz CT molecular complexity index is 1410. The maximum Gasteiger partial charge on any atom is 0.350 e. The van der Waals surface area contributed by atoms with E-state index in [1.807, 2.05) is 42.5 Å². The van der Waals surface area contributed by atoms with Gasteiger partial charge in [-0.3, -0.25) is 4.79 Å². The summed E-state index contributed by atoms with van der Waals surface area (Å²) in [5, 5.41) is 4.97. The quantitative estimate of drug-likeness (QED) is 0.314. The molecule has 2 aromatic heterocycles. The Morgan fingerprint density at radius 3 is 2.62 bits per heavy atom. The number of allylic oxidation sites excluding steroid dienone is 1. The topological polar surface area (TPSA) is 92.2 Å². The van der Waals surface area contributed by atoms with Crippen molar-refractivity contribution in [2.75, 3.05) is 7.11 Å². The Morgan fingerprint density at radius 1 is 1.06 bits per heavy atom. The fourth-order valence-electron chi connectivity index (χ4n) is 3.70. The zero-order valence-corrected chi connectivity index (χ0v) is 18.2. The zero-order valence-electron chi connectivity index (χ0n) is 18.2. The third-order valence-corrected chi connectivity index (χ3v) is 5.40. The van der Waals surface area contributed by atoms with Crippen molar-refractivity contribution in [3.8, 4) is 5.75 Å². The number of nitrogens with zero attached hydrogens (tertiary/aromatic N) is 2. The minimum Gasteiger partial charge on any atom is -0.497 e. The lowest BCUT2D eigenvalue weighted by atomic mass is 10.1. The van der Waals surface area contributed by atoms with Crippen LogP contribution in [0.3, 0.4) is 0 Å². The van der Waals surface area contributed by atoms with Gasteiger partial charge in [-0.05, 0) is 42.2 Å². The average molecular weight is 431 g/mol. The molecule has 0 amide bonds. The molecule has 0 radical (unpaired) electrons. The fourth-order valence-corrected chi connectivity index (χ4v) is 3.70. The van der Waals surface area contributed by atoms with Crippen molar-refractivity contribution in [3.05, 3.63) is 80.5 Å². The van der Waals surface area contributed by atoms with Gasteiger partial charge in [-0.2, -0.15) is 5.10 Å². The minimum atomic E-state index is -0.588. The molecule has 4 aromatic rings. The predicted octanol–water partition coefficient (Wildman–Crippen LogP) is 4.68. The van der Waals surface area contributed by atoms with Crippen molar-refractivity contribution in [2.24, 2.45) is 5.10 Å². The molecule has 2 aromatic carbocycles. The maximum absolute atomic E-state index is 13.1. The standard InChI is InChI=1S/C25H26N4O3/c1-3-4-6-11-18(14-17-9-7-5-8-10-17)16-26-29-24(30)23-22(28-25(29)31)20-15-19(32-2)12-13-21(20)27-23/h5,7-10,12-16,27H,3-4,6,11H2,1-2H3,(H,28,31)/b18-14-,26-16-. The number of fused-ring (bicyclic) bond motifs is 3. The smallest absolute Gasteiger partial charge is 0.350 e. The second kappa shape index (κ2) is 9.51. The molecule has 2 heterocycles. The van der Waals surface area contributed by atoms with Crippen LogP contribution in [0.1, 0.15) is 38.2 Å². The number of H-pyrrole nitrogens is 2. The molecule has 0 fully saturated rings. The van der Waals surface area contributed by atoms with Gasteiger partial charge >= 0.3 is 11.2 Å². The molecule has 164 valence electrons. The number of ether oxygens (including phenoxy) is 1. The summed E-state index contributed by atoms with van der Waals surface area (Å²) in [4.78, 5) is 31.6. The number of aromatic amines is 2. The highest BCUT2D eigenvalue weighted by molar-refractivity contribution is 6.04. The van der Waals surface area contributed by atoms with Gasteiger partial charge in [-0.1, -0.05) is 56.2 Å². The number of unbranched alkanes of at least 4 members (excludes halogenated alkanes) is 2. The van der Waals surface area contributed by atoms with Crippen LogP contribution in [0.2, 0.25) is 0 Å². The van der Waals surface area contributed by atoms with Crippen LogP contribution in [0, 0.1) is 0 Å². The Kier molecular flexibility index (Phi) is 6.35. The van der Waals surface area contributed by atoms with E-state index in [9.17, 15) is 9.59 Å². The van der Waals surface area contributed by atoms with Crippen molar-refractivity contribution >= 4 is 34.2 Å². The van der Waals surface area contributed by atoms with E-state index in [4.69, 9.17) is 4.74 Å². The van der Waals surface area contributed by atoms with Crippen LogP contribution in [-0.2, 0) is 0 Å². The first-order chi connectivity index (χ1) is 15.6. The van der Waals surface area contributed by atoms with Crippen LogP contribution in [0.25, 0.3) is 28.0 Å². The predicted molar refractivity (Wildman–Crippen MR) is 130 cm³/mol. The summed E-state index contributed by atoms with van der Waals surface area (Å²) in [7, 11) is 1.57. The van der Waals surface area contributed by atoms with E-state index >= 15 is 0 Å². The van der Waals surface area contributed by atoms with E-state index < -0.39 is 11.2 Å². The first kappa shape index (κ1) is 21.4. The van der Waals surface area contributed by atoms with Gasteiger partial charge < -0.3 is 14.7 Å². The van der Waals surface area contributed by atoms with E-state index in [1.165, 1.54) is 0 Å². The Labute approximate surface area is 185 Å². The Hall–Kier alpha value is -3.87. The molecule has 0 aliphatic rings. The van der Waals surface area contributed by atoms with Crippen molar-refractivity contribution in [1.29, 1.82) is 0 Å². The van der Waals surface area contributed by atoms with Gasteiger partial charge in [-0.25, -0.2) is 4.79 Å². The van der Waals surface area contributed by atoms with E-state index in [0.29, 0.717) is 22.2 Å². The molecule has 0 spiro atoms. The number of hydrogen-bond acceptors (Lipinski definition) is 4. The summed E-state index contributed by atoms with van der Waals surface area (Å²) in [6.45, 7) is 2.15. The number of aromatic nitrogens is 3. The maximum atomic E-state index is 13.1. The van der Waals surface area contributed by atoms with Crippen molar-refractivity contribution in [2.45, 2.75) is 32.6 Å². The van der Waals surface area contributed by atoms with Gasteiger partial charge in [0.1, 0.15) is 11.3 Å². The van der Waals surface area contributed by atoms with Crippen LogP contribution in [0.15, 0.2) is 68.8 Å². The second-order valence-corrected chi connectivity index (χ2v) is 7.67. The monoisotopic (exact) mass is 430 g/mol. The molecule has 32 heavy (non-hydrogen) atoms. The third-order valence-electron chi connectivity index (χ3n) is 5.40. The normalized spacial score (nSPS) is 12.2. The van der Waals surface area contributed by atoms with E-state index in [2.05, 4.69) is 22.0 Å². The summed E-state index contributed by atoms with van der Waals surface area (Å²) in [6.07, 6.45) is 7.67. The Morgan fingerprint density at radius 2 is 1.88 bits per heavy atom. The minimum absolute atomic E-state index is 0.296. The lowest BCUT2D eigenvalue weighted by molar-refractivity contribution is 0.415. The van der Waals surface area contributed by atoms with E-state index in [0.717, 1.165) is 47.0 Å². The van der Waals surface area contributed by atoms with Crippen LogP contribution < -0.4 is 16.0 Å². The average Bonchev–Trinajstić information content (AvgIpc) is 3.17. The van der Waals surface area contributed by atoms with E-state index in [1.54, 1.807) is 25.5 Å². The molecule has 0 bridgehead atoms. The first-order valence-electron chi connectivity index (χ1n) is 10.8. The molecule has 0 aliphatic carbocycles. The third kappa shape index (κ3) is 4.42. The molecule has 4 rings (SSSR count). The second-order valence-electron chi connectivity index (χ2n) is 7.67. The molecule has 7 heteroatoms. The van der Waals surface area contributed by atoms with Crippen molar-refractivity contribution in [1.82, 2.24) is 14.6 Å². The summed E-state index contributed by atoms with van der Waals surface area (Å²) in [6, 6.07) is 15.3. The summed E-state index contributed by atoms with van der Waals surface area (Å²) in [5.74, 6) is 0.643. The molecule has 0 unspecified atom stereocenters. The van der Waals surface area contributed by atoms with Crippen LogP contribution in [-0.4, -0.2) is 28.0 Å². The highest BCUT2D eigenvalue weighted by atomic mass is 16.5. The summed E-state index contributed by atoms with van der Waals surface area (Å²) in [5.41, 5.74) is 2.40. The highest BCUT2D eigenvalue weighted by Crippen LogP contribution is 2.25. The molecule has 0 saturated heterocycles. The summed E-state index contributed by atoms with van der Waals surface area (Å²) >= 11 is 0. The lowest BCUT2D eigenvalue weighted by Crippen LogP contribution is -2.32. The SMILES string of the molecule is CCCCCC(/C=N\n1c(=O)[nH]c2c([nH]c3ccc(OC)cc32)c1=O)=C/c1ccccc1. The van der Waals surface area contributed by atoms with Gasteiger partial charge in [0.2, 0.25) is 0 Å². The first-order valence-corrected chi connectivity index (χ1v) is 10.8. The fraction of sp³-hybridized carbons (Fsp3) is 0.240. The van der Waals surface area contributed by atoms with Gasteiger partial charge in [0, 0.05) is 10.9 Å². The molecule has 0 atom stereocenters. The largest absolute Gasteiger partial charge is 0.497 e. The zero-order chi connectivity index (χ0) is 22.5. The number of nitrogens with one attached hydrogen (secondary N) is 2. The molecular weight excluding hydrogens is 404 g/mol. The van der Waals surface area contributed by atoms with E-state index in [-0.39, 0.29) is 0 Å². The van der Waals surface area contributed by atoms with Gasteiger partial charge in [0.15, 0.2) is 0 Å². The van der Waals surface area contributed by atoms with Crippen molar-refractivity contribution < 1.29 is 4.74 Å². The van der Waals surface area contributed by atoms with Crippen LogP contribution in [0.5, 0.6) is 5.75 Å². The molecule has 7 nitrogen and oxygen atoms in total. The molecule has 2 N–H and O–H groups in total. The number of rotatable bonds is 8. The Balaban J connectivity index is 1.75. The molecule has 0 saturated carbocycles. The van der Waals surface area contributed by atoms with Crippen LogP contribution in [0.4, 0.5) is 0 Å². The van der Waals surface area contributed by atoms with Crippen LogP contribution >= 0.6 is 0 Å². The van der Waals surface area contributed by atoms with Gasteiger partial charge in [0.05, 0.1) is 18.8 Å². The number of methoxy groups -OCH3 is 1. The summed E-state index contributed by atoms with van der Waals surface area (Å²) < 4.78 is 6.13. The van der Waals surface area contributed by atoms with Gasteiger partial charge in [0.25, 0.3) is 0 Å². The van der Waals surface area contributed by atoms with Crippen molar-refractivity contribution in [3.63, 3.8) is 0 Å². The number of hydrogen-bond donors (Lipinski definition) is 2. The number of benzene rings is 2.